The molecule has 1 aromatic heterocycles. The van der Waals surface area contributed by atoms with Crippen LogP contribution in [0.25, 0.3) is 0 Å². The maximum absolute atomic E-state index is 11.3. The third-order valence-electron chi connectivity index (χ3n) is 2.53. The smallest absolute Gasteiger partial charge is 0.337 e. The van der Waals surface area contributed by atoms with Gasteiger partial charge in [-0.25, -0.2) is 14.8 Å². The fourth-order valence-corrected chi connectivity index (χ4v) is 1.64. The number of methoxy groups -OCH3 is 1. The van der Waals surface area contributed by atoms with Gasteiger partial charge in [0.25, 0.3) is 0 Å². The van der Waals surface area contributed by atoms with Crippen molar-refractivity contribution in [1.29, 1.82) is 5.26 Å². The maximum Gasteiger partial charge on any atom is 0.337 e. The largest absolute Gasteiger partial charge is 0.465 e. The van der Waals surface area contributed by atoms with Crippen LogP contribution in [-0.4, -0.2) is 23.0 Å². The first-order valence-electron chi connectivity index (χ1n) is 5.83. The van der Waals surface area contributed by atoms with Gasteiger partial charge in [0.2, 0.25) is 0 Å². The molecule has 6 heteroatoms. The molecule has 6 nitrogen and oxygen atoms in total. The van der Waals surface area contributed by atoms with E-state index < -0.39 is 0 Å². The first-order chi connectivity index (χ1) is 9.62. The van der Waals surface area contributed by atoms with Crippen LogP contribution in [0.5, 0.6) is 0 Å². The molecule has 0 fully saturated rings. The number of hydrogen-bond donors (Lipinski definition) is 1. The molecule has 0 saturated heterocycles. The fraction of sp³-hybridized carbons (Fsp3) is 0.143. The van der Waals surface area contributed by atoms with Crippen molar-refractivity contribution in [1.82, 2.24) is 9.97 Å². The predicted molar refractivity (Wildman–Crippen MR) is 72.5 cm³/mol. The molecule has 2 rings (SSSR count). The number of carbonyl (C=O) groups is 1. The number of rotatable bonds is 3. The number of carbonyl (C=O) groups excluding carboxylic acids is 1. The second kappa shape index (κ2) is 5.80. The van der Waals surface area contributed by atoms with Gasteiger partial charge in [-0.2, -0.15) is 5.26 Å². The number of nitrogens with zero attached hydrogens (tertiary/aromatic N) is 3. The second-order valence-corrected chi connectivity index (χ2v) is 3.99. The number of aryl methyl sites for hydroxylation is 1. The van der Waals surface area contributed by atoms with Gasteiger partial charge < -0.3 is 10.1 Å². The zero-order chi connectivity index (χ0) is 14.5. The average molecular weight is 268 g/mol. The van der Waals surface area contributed by atoms with Crippen LogP contribution in [-0.2, 0) is 4.74 Å². The van der Waals surface area contributed by atoms with E-state index in [4.69, 9.17) is 5.26 Å². The molecule has 0 atom stereocenters. The van der Waals surface area contributed by atoms with Crippen LogP contribution >= 0.6 is 0 Å². The third kappa shape index (κ3) is 3.09. The Morgan fingerprint density at radius 3 is 2.60 bits per heavy atom. The summed E-state index contributed by atoms with van der Waals surface area (Å²) in [5.74, 6) is 0.652. The quantitative estimate of drug-likeness (QED) is 0.858. The summed E-state index contributed by atoms with van der Waals surface area (Å²) in [6.07, 6.45) is 0. The van der Waals surface area contributed by atoms with Gasteiger partial charge >= 0.3 is 5.97 Å². The van der Waals surface area contributed by atoms with Crippen LogP contribution in [0.15, 0.2) is 30.3 Å². The number of nitrogens with one attached hydrogen (secondary N) is 1. The van der Waals surface area contributed by atoms with Crippen molar-refractivity contribution in [2.75, 3.05) is 12.4 Å². The Morgan fingerprint density at radius 2 is 2.00 bits per heavy atom. The summed E-state index contributed by atoms with van der Waals surface area (Å²) in [5, 5.41) is 11.9. The highest BCUT2D eigenvalue weighted by Gasteiger charge is 2.05. The van der Waals surface area contributed by atoms with Gasteiger partial charge in [-0.1, -0.05) is 0 Å². The van der Waals surface area contributed by atoms with E-state index in [1.54, 1.807) is 37.3 Å². The third-order valence-corrected chi connectivity index (χ3v) is 2.53. The van der Waals surface area contributed by atoms with Crippen LogP contribution in [0.4, 0.5) is 11.5 Å². The van der Waals surface area contributed by atoms with E-state index in [1.807, 2.05) is 6.07 Å². The lowest BCUT2D eigenvalue weighted by atomic mass is 10.2. The van der Waals surface area contributed by atoms with Crippen LogP contribution < -0.4 is 5.32 Å². The Morgan fingerprint density at radius 1 is 1.30 bits per heavy atom. The molecule has 0 spiro atoms. The van der Waals surface area contributed by atoms with Gasteiger partial charge in [-0.15, -0.1) is 0 Å². The second-order valence-electron chi connectivity index (χ2n) is 3.99. The SMILES string of the molecule is COC(=O)c1ccc(Nc2cc(C#N)nc(C)n2)cc1. The number of aromatic nitrogens is 2. The number of anilines is 2. The van der Waals surface area contributed by atoms with E-state index in [0.29, 0.717) is 22.9 Å². The lowest BCUT2D eigenvalue weighted by Gasteiger charge is -2.07. The normalized spacial score (nSPS) is 9.65. The molecular formula is C14H12N4O2. The lowest BCUT2D eigenvalue weighted by molar-refractivity contribution is 0.0601. The Labute approximate surface area is 116 Å². The first-order valence-corrected chi connectivity index (χ1v) is 5.83. The molecule has 0 unspecified atom stereocenters. The minimum absolute atomic E-state index is 0.297. The van der Waals surface area contributed by atoms with Gasteiger partial charge in [-0.3, -0.25) is 0 Å². The number of hydrogen-bond acceptors (Lipinski definition) is 6. The maximum atomic E-state index is 11.3. The highest BCUT2D eigenvalue weighted by molar-refractivity contribution is 5.89. The van der Waals surface area contributed by atoms with Crippen molar-refractivity contribution in [3.8, 4) is 6.07 Å². The van der Waals surface area contributed by atoms with E-state index >= 15 is 0 Å². The molecule has 0 aliphatic heterocycles. The Balaban J connectivity index is 2.20. The zero-order valence-corrected chi connectivity index (χ0v) is 11.0. The van der Waals surface area contributed by atoms with Gasteiger partial charge in [-0.05, 0) is 31.2 Å². The number of ether oxygens (including phenoxy) is 1. The molecule has 0 aliphatic carbocycles. The van der Waals surface area contributed by atoms with Crippen molar-refractivity contribution < 1.29 is 9.53 Å². The Hall–Kier alpha value is -2.94. The topological polar surface area (TPSA) is 87.9 Å². The van der Waals surface area contributed by atoms with Crippen molar-refractivity contribution in [2.45, 2.75) is 6.92 Å². The summed E-state index contributed by atoms with van der Waals surface area (Å²) >= 11 is 0. The van der Waals surface area contributed by atoms with Gasteiger partial charge in [0.15, 0.2) is 0 Å². The summed E-state index contributed by atoms with van der Waals surface area (Å²) in [6, 6.07) is 10.3. The molecule has 1 N–H and O–H groups in total. The molecule has 20 heavy (non-hydrogen) atoms. The first kappa shape index (κ1) is 13.5. The lowest BCUT2D eigenvalue weighted by Crippen LogP contribution is -2.02. The Kier molecular flexibility index (Phi) is 3.91. The molecule has 1 aromatic carbocycles. The number of benzene rings is 1. The zero-order valence-electron chi connectivity index (χ0n) is 11.0. The van der Waals surface area contributed by atoms with E-state index in [1.165, 1.54) is 7.11 Å². The van der Waals surface area contributed by atoms with Crippen LogP contribution in [0, 0.1) is 18.3 Å². The van der Waals surface area contributed by atoms with E-state index in [-0.39, 0.29) is 5.97 Å². The summed E-state index contributed by atoms with van der Waals surface area (Å²) in [6.45, 7) is 1.71. The molecule has 1 heterocycles. The van der Waals surface area contributed by atoms with Crippen LogP contribution in [0.3, 0.4) is 0 Å². The number of nitriles is 1. The van der Waals surface area contributed by atoms with Crippen molar-refractivity contribution >= 4 is 17.5 Å². The van der Waals surface area contributed by atoms with E-state index in [9.17, 15) is 4.79 Å². The van der Waals surface area contributed by atoms with Gasteiger partial charge in [0.05, 0.1) is 12.7 Å². The summed E-state index contributed by atoms with van der Waals surface area (Å²) in [7, 11) is 1.33. The number of esters is 1. The molecular weight excluding hydrogens is 256 g/mol. The Bertz CT molecular complexity index is 675. The minimum atomic E-state index is -0.388. The van der Waals surface area contributed by atoms with Gasteiger partial charge in [0, 0.05) is 11.8 Å². The predicted octanol–water partition coefficient (Wildman–Crippen LogP) is 2.19. The van der Waals surface area contributed by atoms with E-state index in [2.05, 4.69) is 20.0 Å². The van der Waals surface area contributed by atoms with Crippen LogP contribution in [0.1, 0.15) is 21.9 Å². The van der Waals surface area contributed by atoms with Crippen molar-refractivity contribution in [3.05, 3.63) is 47.4 Å². The van der Waals surface area contributed by atoms with E-state index in [0.717, 1.165) is 5.69 Å². The molecule has 100 valence electrons. The monoisotopic (exact) mass is 268 g/mol. The molecule has 0 radical (unpaired) electrons. The molecule has 0 aliphatic rings. The highest BCUT2D eigenvalue weighted by atomic mass is 16.5. The summed E-state index contributed by atoms with van der Waals surface area (Å²) in [4.78, 5) is 19.5. The van der Waals surface area contributed by atoms with Gasteiger partial charge in [0.1, 0.15) is 23.4 Å². The van der Waals surface area contributed by atoms with Crippen LogP contribution in [0.2, 0.25) is 0 Å². The van der Waals surface area contributed by atoms with Crippen molar-refractivity contribution in [3.63, 3.8) is 0 Å². The highest BCUT2D eigenvalue weighted by Crippen LogP contribution is 2.16. The molecule has 0 bridgehead atoms. The summed E-state index contributed by atoms with van der Waals surface area (Å²) in [5.41, 5.74) is 1.51. The fourth-order valence-electron chi connectivity index (χ4n) is 1.64. The average Bonchev–Trinajstić information content (AvgIpc) is 2.46. The standard InChI is InChI=1S/C14H12N4O2/c1-9-16-12(8-15)7-13(17-9)18-11-5-3-10(4-6-11)14(19)20-2/h3-7H,1-2H3,(H,16,17,18). The molecule has 0 saturated carbocycles. The minimum Gasteiger partial charge on any atom is -0.465 e. The molecule has 0 amide bonds. The summed E-state index contributed by atoms with van der Waals surface area (Å²) < 4.78 is 4.62. The molecule has 2 aromatic rings. The van der Waals surface area contributed by atoms with Crippen molar-refractivity contribution in [2.24, 2.45) is 0 Å².